The number of fused-ring (bicyclic) bond motifs is 1. The average molecular weight is 257 g/mol. The van der Waals surface area contributed by atoms with Crippen LogP contribution in [0.3, 0.4) is 0 Å². The minimum absolute atomic E-state index is 0.243. The number of pyridine rings is 1. The molecule has 1 atom stereocenters. The summed E-state index contributed by atoms with van der Waals surface area (Å²) in [6.45, 7) is 3.45. The number of ether oxygens (including phenoxy) is 1. The number of morpholine rings is 1. The predicted molar refractivity (Wildman–Crippen MR) is 77.6 cm³/mol. The number of nitrogens with zero attached hydrogens (tertiary/aromatic N) is 2. The van der Waals surface area contributed by atoms with Crippen LogP contribution in [0.4, 0.5) is 5.82 Å². The summed E-state index contributed by atoms with van der Waals surface area (Å²) in [6.07, 6.45) is 0.243. The number of aromatic nitrogens is 1. The summed E-state index contributed by atoms with van der Waals surface area (Å²) in [5.41, 5.74) is 1.05. The lowest BCUT2D eigenvalue weighted by atomic mass is 10.2. The average Bonchev–Trinajstić information content (AvgIpc) is 2.47. The first-order valence-corrected chi connectivity index (χ1v) is 6.74. The zero-order chi connectivity index (χ0) is 13.1. The lowest BCUT2D eigenvalue weighted by molar-refractivity contribution is 0.0419. The van der Waals surface area contributed by atoms with E-state index in [2.05, 4.69) is 34.5 Å². The Labute approximate surface area is 113 Å². The topological polar surface area (TPSA) is 37.4 Å². The van der Waals surface area contributed by atoms with Crippen molar-refractivity contribution < 1.29 is 4.74 Å². The van der Waals surface area contributed by atoms with Gasteiger partial charge in [-0.2, -0.15) is 0 Å². The number of benzene rings is 1. The molecule has 4 heteroatoms. The van der Waals surface area contributed by atoms with Gasteiger partial charge in [-0.25, -0.2) is 4.98 Å². The van der Waals surface area contributed by atoms with Gasteiger partial charge in [0.05, 0.1) is 18.2 Å². The molecule has 3 rings (SSSR count). The monoisotopic (exact) mass is 257 g/mol. The molecule has 1 aromatic carbocycles. The van der Waals surface area contributed by atoms with Gasteiger partial charge in [-0.1, -0.05) is 18.2 Å². The Kier molecular flexibility index (Phi) is 3.62. The highest BCUT2D eigenvalue weighted by Crippen LogP contribution is 2.19. The predicted octanol–water partition coefficient (Wildman–Crippen LogP) is 1.66. The van der Waals surface area contributed by atoms with E-state index in [0.717, 1.165) is 37.6 Å². The van der Waals surface area contributed by atoms with Gasteiger partial charge in [-0.15, -0.1) is 0 Å². The van der Waals surface area contributed by atoms with Gasteiger partial charge in [0.15, 0.2) is 0 Å². The smallest absolute Gasteiger partial charge is 0.129 e. The van der Waals surface area contributed by atoms with Gasteiger partial charge in [-0.3, -0.25) is 0 Å². The molecule has 0 bridgehead atoms. The Morgan fingerprint density at radius 1 is 1.32 bits per heavy atom. The molecule has 4 nitrogen and oxygen atoms in total. The van der Waals surface area contributed by atoms with Crippen molar-refractivity contribution >= 4 is 16.7 Å². The number of likely N-dealkylation sites (N-methyl/N-ethyl adjacent to an activating group) is 1. The van der Waals surface area contributed by atoms with E-state index in [9.17, 15) is 0 Å². The summed E-state index contributed by atoms with van der Waals surface area (Å²) in [5.74, 6) is 1.04. The third-order valence-corrected chi connectivity index (χ3v) is 3.48. The molecule has 0 amide bonds. The van der Waals surface area contributed by atoms with Gasteiger partial charge in [-0.05, 0) is 25.2 Å². The van der Waals surface area contributed by atoms with Crippen LogP contribution < -0.4 is 10.2 Å². The lowest BCUT2D eigenvalue weighted by Crippen LogP contribution is -2.46. The van der Waals surface area contributed by atoms with E-state index in [1.807, 2.05) is 19.2 Å². The van der Waals surface area contributed by atoms with Gasteiger partial charge < -0.3 is 15.0 Å². The molecule has 1 unspecified atom stereocenters. The lowest BCUT2D eigenvalue weighted by Gasteiger charge is -2.33. The van der Waals surface area contributed by atoms with Crippen molar-refractivity contribution in [2.75, 3.05) is 38.2 Å². The van der Waals surface area contributed by atoms with E-state index in [4.69, 9.17) is 9.72 Å². The van der Waals surface area contributed by atoms with Crippen LogP contribution in [0.1, 0.15) is 0 Å². The Morgan fingerprint density at radius 3 is 3.11 bits per heavy atom. The van der Waals surface area contributed by atoms with Crippen LogP contribution in [0.5, 0.6) is 0 Å². The molecule has 1 fully saturated rings. The number of para-hydroxylation sites is 1. The van der Waals surface area contributed by atoms with E-state index in [0.29, 0.717) is 0 Å². The molecule has 0 spiro atoms. The van der Waals surface area contributed by atoms with Gasteiger partial charge >= 0.3 is 0 Å². The third-order valence-electron chi connectivity index (χ3n) is 3.48. The summed E-state index contributed by atoms with van der Waals surface area (Å²) < 4.78 is 5.73. The fraction of sp³-hybridized carbons (Fsp3) is 0.400. The zero-order valence-electron chi connectivity index (χ0n) is 11.2. The maximum Gasteiger partial charge on any atom is 0.129 e. The van der Waals surface area contributed by atoms with E-state index >= 15 is 0 Å². The summed E-state index contributed by atoms with van der Waals surface area (Å²) >= 11 is 0. The van der Waals surface area contributed by atoms with Crippen LogP contribution in [-0.4, -0.2) is 44.4 Å². The van der Waals surface area contributed by atoms with Crippen LogP contribution in [-0.2, 0) is 4.74 Å². The molecule has 1 aliphatic rings. The van der Waals surface area contributed by atoms with Gasteiger partial charge in [0, 0.05) is 25.0 Å². The van der Waals surface area contributed by atoms with Crippen molar-refractivity contribution in [3.63, 3.8) is 0 Å². The van der Waals surface area contributed by atoms with Crippen LogP contribution in [0.15, 0.2) is 36.4 Å². The van der Waals surface area contributed by atoms with E-state index in [1.54, 1.807) is 0 Å². The molecule has 2 aromatic rings. The molecule has 0 aliphatic carbocycles. The molecule has 2 heterocycles. The van der Waals surface area contributed by atoms with Crippen LogP contribution >= 0.6 is 0 Å². The standard InChI is InChI=1S/C15H19N3O/c1-16-10-13-11-18(8-9-19-13)15-7-6-12-4-2-3-5-14(12)17-15/h2-7,13,16H,8-11H2,1H3. The van der Waals surface area contributed by atoms with Gasteiger partial charge in [0.25, 0.3) is 0 Å². The number of anilines is 1. The van der Waals surface area contributed by atoms with Crippen LogP contribution in [0.25, 0.3) is 10.9 Å². The van der Waals surface area contributed by atoms with Crippen molar-refractivity contribution in [2.24, 2.45) is 0 Å². The number of nitrogens with one attached hydrogen (secondary N) is 1. The highest BCUT2D eigenvalue weighted by molar-refractivity contribution is 5.80. The van der Waals surface area contributed by atoms with Crippen LogP contribution in [0, 0.1) is 0 Å². The summed E-state index contributed by atoms with van der Waals surface area (Å²) in [4.78, 5) is 7.05. The molecule has 1 aliphatic heterocycles. The molecule has 1 aromatic heterocycles. The van der Waals surface area contributed by atoms with Crippen molar-refractivity contribution in [3.05, 3.63) is 36.4 Å². The molecular formula is C15H19N3O. The fourth-order valence-electron chi connectivity index (χ4n) is 2.51. The van der Waals surface area contributed by atoms with Crippen molar-refractivity contribution in [3.8, 4) is 0 Å². The third kappa shape index (κ3) is 2.69. The number of rotatable bonds is 3. The molecule has 100 valence electrons. The largest absolute Gasteiger partial charge is 0.373 e. The van der Waals surface area contributed by atoms with Crippen molar-refractivity contribution in [1.82, 2.24) is 10.3 Å². The molecule has 1 N–H and O–H groups in total. The highest BCUT2D eigenvalue weighted by atomic mass is 16.5. The zero-order valence-corrected chi connectivity index (χ0v) is 11.2. The fourth-order valence-corrected chi connectivity index (χ4v) is 2.51. The van der Waals surface area contributed by atoms with E-state index in [-0.39, 0.29) is 6.10 Å². The Hall–Kier alpha value is -1.65. The first kappa shape index (κ1) is 12.4. The SMILES string of the molecule is CNCC1CN(c2ccc3ccccc3n2)CCO1. The molecule has 1 saturated heterocycles. The molecular weight excluding hydrogens is 238 g/mol. The quantitative estimate of drug-likeness (QED) is 0.907. The molecule has 19 heavy (non-hydrogen) atoms. The highest BCUT2D eigenvalue weighted by Gasteiger charge is 2.20. The molecule has 0 radical (unpaired) electrons. The minimum Gasteiger partial charge on any atom is -0.373 e. The second-order valence-corrected chi connectivity index (χ2v) is 4.86. The summed E-state index contributed by atoms with van der Waals surface area (Å²) in [5, 5.41) is 4.35. The van der Waals surface area contributed by atoms with Gasteiger partial charge in [0.2, 0.25) is 0 Å². The minimum atomic E-state index is 0.243. The van der Waals surface area contributed by atoms with E-state index in [1.165, 1.54) is 5.39 Å². The first-order chi connectivity index (χ1) is 9.36. The van der Waals surface area contributed by atoms with Gasteiger partial charge in [0.1, 0.15) is 5.82 Å². The number of hydrogen-bond donors (Lipinski definition) is 1. The Bertz CT molecular complexity index is 556. The number of hydrogen-bond acceptors (Lipinski definition) is 4. The normalized spacial score (nSPS) is 19.8. The van der Waals surface area contributed by atoms with Crippen molar-refractivity contribution in [1.29, 1.82) is 0 Å². The maximum absolute atomic E-state index is 5.73. The van der Waals surface area contributed by atoms with Crippen molar-refractivity contribution in [2.45, 2.75) is 6.10 Å². The first-order valence-electron chi connectivity index (χ1n) is 6.74. The van der Waals surface area contributed by atoms with E-state index < -0.39 is 0 Å². The maximum atomic E-state index is 5.73. The Balaban J connectivity index is 1.83. The Morgan fingerprint density at radius 2 is 2.21 bits per heavy atom. The molecule has 0 saturated carbocycles. The van der Waals surface area contributed by atoms with Crippen LogP contribution in [0.2, 0.25) is 0 Å². The second-order valence-electron chi connectivity index (χ2n) is 4.86. The summed E-state index contributed by atoms with van der Waals surface area (Å²) in [6, 6.07) is 12.5. The second kappa shape index (κ2) is 5.55. The summed E-state index contributed by atoms with van der Waals surface area (Å²) in [7, 11) is 1.95.